The van der Waals surface area contributed by atoms with Crippen LogP contribution in [0, 0.1) is 59.5 Å². The number of amidine groups is 2. The third kappa shape index (κ3) is 8.65. The van der Waals surface area contributed by atoms with Gasteiger partial charge in [-0.1, -0.05) is 47.5 Å². The summed E-state index contributed by atoms with van der Waals surface area (Å²) in [4.78, 5) is 36.8. The largest absolute Gasteiger partial charge is 0.463 e. The number of terminal acetylenes is 2. The zero-order chi connectivity index (χ0) is 45.3. The molecule has 2 fully saturated rings. The van der Waals surface area contributed by atoms with Crippen molar-refractivity contribution >= 4 is 63.6 Å². The fourth-order valence-electron chi connectivity index (χ4n) is 7.76. The van der Waals surface area contributed by atoms with Gasteiger partial charge < -0.3 is 26.7 Å². The summed E-state index contributed by atoms with van der Waals surface area (Å²) >= 11 is 2.33. The maximum atomic E-state index is 14.9. The number of nitrogens with two attached hydrogens (primary N) is 3. The van der Waals surface area contributed by atoms with Gasteiger partial charge in [-0.3, -0.25) is 14.8 Å². The van der Waals surface area contributed by atoms with Gasteiger partial charge >= 0.3 is 0 Å². The molecule has 4 aromatic rings. The molecule has 2 aliphatic carbocycles. The Morgan fingerprint density at radius 1 is 0.794 bits per heavy atom. The summed E-state index contributed by atoms with van der Waals surface area (Å²) in [5, 5.41) is 9.96. The molecule has 63 heavy (non-hydrogen) atoms. The van der Waals surface area contributed by atoms with E-state index in [1.807, 2.05) is 0 Å². The van der Waals surface area contributed by atoms with Crippen LogP contribution in [0.3, 0.4) is 0 Å². The third-order valence-corrected chi connectivity index (χ3v) is 13.6. The minimum Gasteiger partial charge on any atom is -0.463 e. The Bertz CT molecular complexity index is 2750. The highest BCUT2D eigenvalue weighted by Crippen LogP contribution is 2.66. The Morgan fingerprint density at radius 3 is 1.70 bits per heavy atom. The molecule has 2 saturated carbocycles. The number of aliphatic imine (C=N–C) groups is 2. The van der Waals surface area contributed by atoms with Gasteiger partial charge in [0.2, 0.25) is 17.7 Å². The Kier molecular flexibility index (Phi) is 12.0. The molecule has 6 atom stereocenters. The fraction of sp³-hybridized carbons (Fsp3) is 0.273. The quantitative estimate of drug-likeness (QED) is 0.112. The highest BCUT2D eigenvalue weighted by atomic mass is 32.2. The summed E-state index contributed by atoms with van der Waals surface area (Å²) in [6, 6.07) is 10.7. The monoisotopic (exact) mass is 892 g/mol. The van der Waals surface area contributed by atoms with Crippen LogP contribution >= 0.6 is 23.5 Å². The van der Waals surface area contributed by atoms with Crippen molar-refractivity contribution in [2.24, 2.45) is 39.0 Å². The summed E-state index contributed by atoms with van der Waals surface area (Å²) in [6.45, 7) is 3.51. The first kappa shape index (κ1) is 44.2. The number of primary amides is 1. The zero-order valence-electron chi connectivity index (χ0n) is 33.5. The number of benzene rings is 2. The van der Waals surface area contributed by atoms with E-state index in [0.29, 0.717) is 24.0 Å². The molecular formula is C44H36F4N10O3S2. The maximum absolute atomic E-state index is 14.9. The highest BCUT2D eigenvalue weighted by Gasteiger charge is 2.70. The molecule has 2 aromatic heterocycles. The van der Waals surface area contributed by atoms with Gasteiger partial charge in [0, 0.05) is 23.0 Å². The van der Waals surface area contributed by atoms with E-state index >= 15 is 0 Å². The maximum Gasteiger partial charge on any atom is 0.234 e. The minimum atomic E-state index is -1.11. The lowest BCUT2D eigenvalue weighted by Crippen LogP contribution is -2.42. The van der Waals surface area contributed by atoms with Crippen molar-refractivity contribution in [1.82, 2.24) is 19.9 Å². The van der Waals surface area contributed by atoms with Gasteiger partial charge in [-0.05, 0) is 74.2 Å². The lowest BCUT2D eigenvalue weighted by Gasteiger charge is -2.33. The molecule has 0 saturated heterocycles. The minimum absolute atomic E-state index is 0.00725. The number of carbonyl (C=O) groups excluding carboxylic acids is 1. The Hall–Kier alpha value is -6.88. The normalized spacial score (nSPS) is 26.7. The number of hydrogen-bond acceptors (Lipinski definition) is 14. The smallest absolute Gasteiger partial charge is 0.234 e. The van der Waals surface area contributed by atoms with Crippen molar-refractivity contribution in [3.8, 4) is 42.5 Å². The number of carbonyl (C=O) groups is 1. The average Bonchev–Trinajstić information content (AvgIpc) is 4.19. The SMILES string of the molecule is C#CCOc1cnc(/C(F)=C/c2ccc(F)c([C@@]3(C)N=C(N)S[C@@]4(C#N)C[C@H]43)c2)cn1.C#CCOc1cnc(/C(F)=C/c2ccc(F)c([C@@]3(C)N=C(N)S[C@@]4(C(N)=O)C[C@H]43)c2)cn1. The van der Waals surface area contributed by atoms with Gasteiger partial charge in [0.25, 0.3) is 0 Å². The van der Waals surface area contributed by atoms with Crippen LogP contribution in [0.2, 0.25) is 0 Å². The number of aromatic nitrogens is 4. The third-order valence-electron chi connectivity index (χ3n) is 11.1. The second-order valence-electron chi connectivity index (χ2n) is 15.1. The first-order valence-corrected chi connectivity index (χ1v) is 20.6. The lowest BCUT2D eigenvalue weighted by atomic mass is 9.84. The van der Waals surface area contributed by atoms with Crippen LogP contribution in [0.5, 0.6) is 11.8 Å². The Labute approximate surface area is 367 Å². The summed E-state index contributed by atoms with van der Waals surface area (Å²) in [5.74, 6) is 1.59. The van der Waals surface area contributed by atoms with Crippen molar-refractivity contribution in [3.63, 3.8) is 0 Å². The van der Waals surface area contributed by atoms with Crippen molar-refractivity contribution in [1.29, 1.82) is 5.26 Å². The molecule has 2 aliphatic heterocycles. The number of hydrogen-bond donors (Lipinski definition) is 3. The molecule has 19 heteroatoms. The van der Waals surface area contributed by atoms with Gasteiger partial charge in [-0.15, -0.1) is 12.8 Å². The molecular weight excluding hydrogens is 857 g/mol. The molecule has 13 nitrogen and oxygen atoms in total. The van der Waals surface area contributed by atoms with Crippen LogP contribution in [0.15, 0.2) is 71.2 Å². The van der Waals surface area contributed by atoms with Crippen LogP contribution < -0.4 is 26.7 Å². The van der Waals surface area contributed by atoms with Crippen molar-refractivity contribution in [2.45, 2.75) is 47.3 Å². The molecule has 8 rings (SSSR count). The summed E-state index contributed by atoms with van der Waals surface area (Å²) in [6.07, 6.45) is 18.6. The van der Waals surface area contributed by atoms with E-state index in [4.69, 9.17) is 39.5 Å². The summed E-state index contributed by atoms with van der Waals surface area (Å²) in [5.41, 5.74) is 16.6. The first-order chi connectivity index (χ1) is 30.0. The van der Waals surface area contributed by atoms with E-state index < -0.39 is 49.8 Å². The predicted molar refractivity (Wildman–Crippen MR) is 233 cm³/mol. The fourth-order valence-corrected chi connectivity index (χ4v) is 10.4. The first-order valence-electron chi connectivity index (χ1n) is 18.9. The molecule has 320 valence electrons. The summed E-state index contributed by atoms with van der Waals surface area (Å²) < 4.78 is 67.8. The van der Waals surface area contributed by atoms with Gasteiger partial charge in [-0.2, -0.15) is 5.26 Å². The van der Waals surface area contributed by atoms with Crippen LogP contribution in [0.1, 0.15) is 60.3 Å². The molecule has 6 N–H and O–H groups in total. The van der Waals surface area contributed by atoms with E-state index in [9.17, 15) is 27.6 Å². The lowest BCUT2D eigenvalue weighted by molar-refractivity contribution is -0.118. The second-order valence-corrected chi connectivity index (χ2v) is 17.8. The van der Waals surface area contributed by atoms with Gasteiger partial charge in [-0.25, -0.2) is 37.5 Å². The van der Waals surface area contributed by atoms with Crippen molar-refractivity contribution in [2.75, 3.05) is 13.2 Å². The average molecular weight is 893 g/mol. The molecule has 0 spiro atoms. The Morgan fingerprint density at radius 2 is 1.27 bits per heavy atom. The molecule has 4 heterocycles. The topological polar surface area (TPSA) is 214 Å². The number of ether oxygens (including phenoxy) is 2. The standard InChI is InChI=1S/C22H19F2N5O2S.C22H17F2N5OS/c1-3-6-31-18-11-27-16(10-28-18)15(24)8-12-4-5-14(23)13(7-12)21(2)17-9-22(17,19(25)30)32-20(26)29-21;1-3-6-30-19-11-27-17(10-28-19)16(24)8-13-4-5-15(23)14(7-13)21(2)18-9-22(18,12-25)31-20(26)29-21/h1,4-5,7-8,10-11,17H,6,9H2,2H3,(H2,25,30)(H2,26,29);1,4-5,7-8,10-11,18H,6,9H2,2H3,(H2,26,29)/b15-8-;16-8-/t17-,21+,22-;18-,21+,22+/m00/s1. The summed E-state index contributed by atoms with van der Waals surface area (Å²) in [7, 11) is 0. The Balaban J connectivity index is 0.000000189. The van der Waals surface area contributed by atoms with E-state index in [2.05, 4.69) is 47.8 Å². The number of nitrogens with zero attached hydrogens (tertiary/aromatic N) is 7. The number of nitriles is 1. The number of amides is 1. The molecule has 1 amide bonds. The molecule has 0 unspecified atom stereocenters. The van der Waals surface area contributed by atoms with Gasteiger partial charge in [0.15, 0.2) is 35.2 Å². The van der Waals surface area contributed by atoms with Crippen LogP contribution in [-0.2, 0) is 15.9 Å². The molecule has 0 radical (unpaired) electrons. The number of halogens is 4. The zero-order valence-corrected chi connectivity index (χ0v) is 35.1. The van der Waals surface area contributed by atoms with Crippen molar-refractivity contribution in [3.05, 3.63) is 106 Å². The van der Waals surface area contributed by atoms with Crippen molar-refractivity contribution < 1.29 is 31.8 Å². The van der Waals surface area contributed by atoms with E-state index in [0.717, 1.165) is 11.8 Å². The van der Waals surface area contributed by atoms with E-state index in [1.165, 1.54) is 85.1 Å². The molecule has 2 aromatic carbocycles. The predicted octanol–water partition coefficient (Wildman–Crippen LogP) is 6.27. The van der Waals surface area contributed by atoms with Gasteiger partial charge in [0.1, 0.15) is 32.5 Å². The molecule has 0 bridgehead atoms. The van der Waals surface area contributed by atoms with E-state index in [1.54, 1.807) is 13.8 Å². The van der Waals surface area contributed by atoms with Crippen LogP contribution in [-0.4, -0.2) is 58.9 Å². The van der Waals surface area contributed by atoms with Crippen LogP contribution in [0.4, 0.5) is 17.6 Å². The number of rotatable bonds is 11. The number of fused-ring (bicyclic) bond motifs is 2. The van der Waals surface area contributed by atoms with E-state index in [-0.39, 0.29) is 69.7 Å². The van der Waals surface area contributed by atoms with Crippen LogP contribution in [0.25, 0.3) is 23.8 Å². The second kappa shape index (κ2) is 17.1. The molecule has 4 aliphatic rings. The van der Waals surface area contributed by atoms with Gasteiger partial charge in [0.05, 0.1) is 41.9 Å². The highest BCUT2D eigenvalue weighted by molar-refractivity contribution is 8.16. The number of thioether (sulfide) groups is 2.